The molecule has 11 heavy (non-hydrogen) atoms. The van der Waals surface area contributed by atoms with Crippen LogP contribution in [0.25, 0.3) is 0 Å². The lowest BCUT2D eigenvalue weighted by Gasteiger charge is -2.26. The molecule has 0 heterocycles. The monoisotopic (exact) mass is 172 g/mol. The maximum Gasteiger partial charge on any atom is 0.249 e. The Morgan fingerprint density at radius 2 is 1.55 bits per heavy atom. The van der Waals surface area contributed by atoms with Crippen LogP contribution in [0, 0.1) is 0 Å². The first-order chi connectivity index (χ1) is 5.24. The summed E-state index contributed by atoms with van der Waals surface area (Å²) in [6, 6.07) is 3.68. The van der Waals surface area contributed by atoms with Gasteiger partial charge in [0.1, 0.15) is 0 Å². The molecule has 0 bridgehead atoms. The third kappa shape index (κ3) is 3.10. The summed E-state index contributed by atoms with van der Waals surface area (Å²) in [7, 11) is -1.33. The van der Waals surface area contributed by atoms with Crippen LogP contribution < -0.4 is 0 Å². The van der Waals surface area contributed by atoms with Gasteiger partial charge in [-0.2, -0.15) is 0 Å². The van der Waals surface area contributed by atoms with Crippen LogP contribution in [0.3, 0.4) is 0 Å². The van der Waals surface area contributed by atoms with E-state index < -0.39 is 8.32 Å². The Hall–Kier alpha value is -0.243. The quantitative estimate of drug-likeness (QED) is 0.455. The third-order valence-corrected chi connectivity index (χ3v) is 6.89. The molecule has 66 valence electrons. The molecule has 0 radical (unpaired) electrons. The van der Waals surface area contributed by atoms with Gasteiger partial charge in [0.05, 0.1) is 6.26 Å². The van der Waals surface area contributed by atoms with Gasteiger partial charge in [-0.05, 0) is 25.1 Å². The number of allylic oxidation sites excluding steroid dienone is 1. The zero-order valence-electron chi connectivity index (χ0n) is 8.18. The largest absolute Gasteiger partial charge is 0.549 e. The van der Waals surface area contributed by atoms with Gasteiger partial charge in [-0.15, -0.1) is 0 Å². The van der Waals surface area contributed by atoms with E-state index in [9.17, 15) is 0 Å². The van der Waals surface area contributed by atoms with Crippen molar-refractivity contribution in [1.29, 1.82) is 0 Å². The molecule has 0 N–H and O–H groups in total. The first-order valence-corrected chi connectivity index (χ1v) is 7.06. The van der Waals surface area contributed by atoms with Crippen LogP contribution in [-0.2, 0) is 4.43 Å². The van der Waals surface area contributed by atoms with E-state index in [4.69, 9.17) is 4.43 Å². The Bertz CT molecular complexity index is 108. The fraction of sp³-hybridized carbons (Fsp3) is 0.778. The zero-order chi connectivity index (χ0) is 8.74. The SMILES string of the molecule is CC=CO[Si](CC)(CC)CC. The van der Waals surface area contributed by atoms with Crippen molar-refractivity contribution in [2.45, 2.75) is 45.8 Å². The highest BCUT2D eigenvalue weighted by Gasteiger charge is 2.28. The maximum atomic E-state index is 5.78. The highest BCUT2D eigenvalue weighted by molar-refractivity contribution is 6.73. The van der Waals surface area contributed by atoms with Crippen molar-refractivity contribution >= 4 is 8.32 Å². The predicted octanol–water partition coefficient (Wildman–Crippen LogP) is 3.54. The first-order valence-electron chi connectivity index (χ1n) is 4.53. The lowest BCUT2D eigenvalue weighted by molar-refractivity contribution is 0.457. The summed E-state index contributed by atoms with van der Waals surface area (Å²) in [5, 5.41) is 0. The van der Waals surface area contributed by atoms with Crippen LogP contribution in [0.5, 0.6) is 0 Å². The average Bonchev–Trinajstić information content (AvgIpc) is 2.08. The molecule has 0 saturated carbocycles. The summed E-state index contributed by atoms with van der Waals surface area (Å²) in [5.74, 6) is 0. The second kappa shape index (κ2) is 5.41. The van der Waals surface area contributed by atoms with Crippen molar-refractivity contribution in [3.05, 3.63) is 12.3 Å². The summed E-state index contributed by atoms with van der Waals surface area (Å²) in [6.07, 6.45) is 3.84. The molecule has 0 saturated heterocycles. The molecular weight excluding hydrogens is 152 g/mol. The molecule has 0 spiro atoms. The highest BCUT2D eigenvalue weighted by atomic mass is 28.4. The van der Waals surface area contributed by atoms with Gasteiger partial charge < -0.3 is 4.43 Å². The molecule has 0 rings (SSSR count). The van der Waals surface area contributed by atoms with Gasteiger partial charge in [-0.3, -0.25) is 0 Å². The van der Waals surface area contributed by atoms with Gasteiger partial charge in [-0.1, -0.05) is 26.8 Å². The molecular formula is C9H20OSi. The Balaban J connectivity index is 4.04. The summed E-state index contributed by atoms with van der Waals surface area (Å²) < 4.78 is 5.78. The summed E-state index contributed by atoms with van der Waals surface area (Å²) in [5.41, 5.74) is 0. The predicted molar refractivity (Wildman–Crippen MR) is 53.1 cm³/mol. The summed E-state index contributed by atoms with van der Waals surface area (Å²) in [6.45, 7) is 8.72. The lowest BCUT2D eigenvalue weighted by atomic mass is 10.8. The first kappa shape index (κ1) is 10.8. The molecule has 0 aliphatic carbocycles. The highest BCUT2D eigenvalue weighted by Crippen LogP contribution is 2.21. The van der Waals surface area contributed by atoms with Gasteiger partial charge in [0.2, 0.25) is 8.32 Å². The van der Waals surface area contributed by atoms with Crippen molar-refractivity contribution in [2.24, 2.45) is 0 Å². The molecule has 0 fully saturated rings. The van der Waals surface area contributed by atoms with Gasteiger partial charge >= 0.3 is 0 Å². The van der Waals surface area contributed by atoms with Crippen LogP contribution in [0.4, 0.5) is 0 Å². The van der Waals surface area contributed by atoms with E-state index in [0.717, 1.165) is 0 Å². The molecule has 0 atom stereocenters. The lowest BCUT2D eigenvalue weighted by Crippen LogP contribution is -2.33. The number of hydrogen-bond acceptors (Lipinski definition) is 1. The topological polar surface area (TPSA) is 9.23 Å². The average molecular weight is 172 g/mol. The zero-order valence-corrected chi connectivity index (χ0v) is 9.18. The molecule has 0 aromatic heterocycles. The van der Waals surface area contributed by atoms with E-state index in [1.165, 1.54) is 18.1 Å². The van der Waals surface area contributed by atoms with E-state index in [-0.39, 0.29) is 0 Å². The van der Waals surface area contributed by atoms with Crippen LogP contribution in [-0.4, -0.2) is 8.32 Å². The standard InChI is InChI=1S/C9H20OSi/c1-5-9-10-11(6-2,7-3)8-4/h5,9H,6-8H2,1-4H3. The van der Waals surface area contributed by atoms with E-state index in [2.05, 4.69) is 20.8 Å². The normalized spacial score (nSPS) is 12.4. The molecule has 0 aliphatic heterocycles. The van der Waals surface area contributed by atoms with Gasteiger partial charge in [0.15, 0.2) is 0 Å². The van der Waals surface area contributed by atoms with E-state index in [1.807, 2.05) is 19.3 Å². The Kier molecular flexibility index (Phi) is 5.29. The summed E-state index contributed by atoms with van der Waals surface area (Å²) in [4.78, 5) is 0. The Morgan fingerprint density at radius 1 is 1.09 bits per heavy atom. The minimum Gasteiger partial charge on any atom is -0.549 e. The number of rotatable bonds is 5. The second-order valence-corrected chi connectivity index (χ2v) is 7.55. The van der Waals surface area contributed by atoms with Gasteiger partial charge in [0.25, 0.3) is 0 Å². The van der Waals surface area contributed by atoms with Crippen LogP contribution >= 0.6 is 0 Å². The van der Waals surface area contributed by atoms with Crippen LogP contribution in [0.15, 0.2) is 12.3 Å². The van der Waals surface area contributed by atoms with Crippen molar-refractivity contribution in [1.82, 2.24) is 0 Å². The van der Waals surface area contributed by atoms with E-state index >= 15 is 0 Å². The molecule has 2 heteroatoms. The molecule has 1 nitrogen and oxygen atoms in total. The van der Waals surface area contributed by atoms with Crippen molar-refractivity contribution < 1.29 is 4.43 Å². The van der Waals surface area contributed by atoms with E-state index in [1.54, 1.807) is 0 Å². The molecule has 0 aromatic carbocycles. The molecule has 0 amide bonds. The fourth-order valence-electron chi connectivity index (χ4n) is 1.21. The maximum absolute atomic E-state index is 5.78. The Labute approximate surface area is 71.6 Å². The summed E-state index contributed by atoms with van der Waals surface area (Å²) >= 11 is 0. The van der Waals surface area contributed by atoms with Crippen molar-refractivity contribution in [2.75, 3.05) is 0 Å². The fourth-order valence-corrected chi connectivity index (χ4v) is 3.64. The van der Waals surface area contributed by atoms with Crippen LogP contribution in [0.2, 0.25) is 18.1 Å². The molecule has 0 aliphatic rings. The minimum atomic E-state index is -1.33. The van der Waals surface area contributed by atoms with Crippen molar-refractivity contribution in [3.8, 4) is 0 Å². The Morgan fingerprint density at radius 3 is 1.82 bits per heavy atom. The molecule has 0 aromatic rings. The van der Waals surface area contributed by atoms with Crippen LogP contribution in [0.1, 0.15) is 27.7 Å². The molecule has 0 unspecified atom stereocenters. The van der Waals surface area contributed by atoms with Gasteiger partial charge in [0, 0.05) is 0 Å². The van der Waals surface area contributed by atoms with E-state index in [0.29, 0.717) is 0 Å². The van der Waals surface area contributed by atoms with Crippen molar-refractivity contribution in [3.63, 3.8) is 0 Å². The number of hydrogen-bond donors (Lipinski definition) is 0. The minimum absolute atomic E-state index is 1.23. The second-order valence-electron chi connectivity index (χ2n) is 2.83. The third-order valence-electron chi connectivity index (χ3n) is 2.39. The smallest absolute Gasteiger partial charge is 0.249 e. The van der Waals surface area contributed by atoms with Gasteiger partial charge in [-0.25, -0.2) is 0 Å².